The average Bonchev–Trinajstić information content (AvgIpc) is 2.82. The minimum atomic E-state index is -0.862. The molecule has 3 rings (SSSR count). The Morgan fingerprint density at radius 3 is 1.46 bits per heavy atom. The largest absolute Gasteiger partial charge is 0.353 e. The summed E-state index contributed by atoms with van der Waals surface area (Å²) < 4.78 is 1.53. The Kier molecular flexibility index (Phi) is 6.94. The Balaban J connectivity index is 2.37. The summed E-state index contributed by atoms with van der Waals surface area (Å²) in [6.45, 7) is 2.27. The Morgan fingerprint density at radius 1 is 0.686 bits per heavy atom. The number of aromatic nitrogens is 1. The Labute approximate surface area is 195 Å². The van der Waals surface area contributed by atoms with Crippen LogP contribution in [0.1, 0.15) is 19.8 Å². The highest BCUT2D eigenvalue weighted by Gasteiger charge is 2.27. The molecule has 35 heavy (non-hydrogen) atoms. The van der Waals surface area contributed by atoms with E-state index in [4.69, 9.17) is 0 Å². The zero-order valence-corrected chi connectivity index (χ0v) is 18.2. The zero-order valence-electron chi connectivity index (χ0n) is 18.2. The molecule has 0 radical (unpaired) electrons. The van der Waals surface area contributed by atoms with E-state index in [1.54, 1.807) is 0 Å². The Morgan fingerprint density at radius 2 is 1.11 bits per heavy atom. The van der Waals surface area contributed by atoms with Crippen LogP contribution in [-0.4, -0.2) is 24.3 Å². The fraction of sp³-hybridized carbons (Fsp3) is 0.190. The number of unbranched alkanes of at least 4 members (excludes halogenated alkanes) is 1. The summed E-state index contributed by atoms with van der Waals surface area (Å²) in [5.41, 5.74) is -4.10. The average molecular weight is 483 g/mol. The molecule has 0 spiro atoms. The maximum atomic E-state index is 13.5. The molecule has 2 aromatic carbocycles. The van der Waals surface area contributed by atoms with Crippen LogP contribution in [0.2, 0.25) is 0 Å². The van der Waals surface area contributed by atoms with Gasteiger partial charge in [0.2, 0.25) is 0 Å². The molecule has 0 amide bonds. The first-order valence-corrected chi connectivity index (χ1v) is 10.2. The molecule has 0 bridgehead atoms. The van der Waals surface area contributed by atoms with Crippen LogP contribution in [0.25, 0.3) is 22.3 Å². The van der Waals surface area contributed by atoms with Crippen LogP contribution in [0.5, 0.6) is 0 Å². The maximum absolute atomic E-state index is 13.5. The molecule has 0 fully saturated rings. The first-order chi connectivity index (χ1) is 16.5. The normalized spacial score (nSPS) is 10.7. The van der Waals surface area contributed by atoms with Crippen molar-refractivity contribution in [2.45, 2.75) is 26.3 Å². The van der Waals surface area contributed by atoms with E-state index in [2.05, 4.69) is 0 Å². The molecule has 3 aromatic rings. The second kappa shape index (κ2) is 9.86. The first-order valence-electron chi connectivity index (χ1n) is 10.2. The summed E-state index contributed by atoms with van der Waals surface area (Å²) in [4.78, 5) is 55.6. The predicted molar refractivity (Wildman–Crippen MR) is 123 cm³/mol. The van der Waals surface area contributed by atoms with Gasteiger partial charge in [-0.1, -0.05) is 13.3 Å². The van der Waals surface area contributed by atoms with Crippen LogP contribution in [0.15, 0.2) is 53.6 Å². The summed E-state index contributed by atoms with van der Waals surface area (Å²) in [5.74, 6) is 0. The van der Waals surface area contributed by atoms with Crippen LogP contribution in [0.4, 0.5) is 22.7 Å². The van der Waals surface area contributed by atoms with Gasteiger partial charge in [0.1, 0.15) is 0 Å². The quantitative estimate of drug-likeness (QED) is 0.308. The first kappa shape index (κ1) is 24.6. The lowest BCUT2D eigenvalue weighted by atomic mass is 9.98. The molecule has 0 aliphatic carbocycles. The van der Waals surface area contributed by atoms with Gasteiger partial charge in [-0.2, -0.15) is 0 Å². The molecular formula is C21H17N5O9. The molecule has 0 saturated carbocycles. The van der Waals surface area contributed by atoms with E-state index in [1.165, 1.54) is 17.0 Å². The van der Waals surface area contributed by atoms with Crippen LogP contribution in [0, 0.1) is 40.5 Å². The number of pyridine rings is 1. The highest BCUT2D eigenvalue weighted by molar-refractivity contribution is 5.81. The van der Waals surface area contributed by atoms with Crippen molar-refractivity contribution < 1.29 is 19.7 Å². The van der Waals surface area contributed by atoms with Crippen molar-refractivity contribution in [2.75, 3.05) is 0 Å². The molecule has 180 valence electrons. The number of non-ortho nitro benzene ring substituents is 2. The van der Waals surface area contributed by atoms with Gasteiger partial charge in [0.25, 0.3) is 22.7 Å². The SMILES string of the molecule is CCCCn1cc(-c2ccc([N+](=O)[O-])cc2[N+](=O)[O-])c(=O)c(-c2ccc([N+](=O)[O-])cc2[N+](=O)[O-])c1. The monoisotopic (exact) mass is 483 g/mol. The maximum Gasteiger partial charge on any atom is 0.284 e. The van der Waals surface area contributed by atoms with Crippen LogP contribution in [0.3, 0.4) is 0 Å². The molecule has 0 N–H and O–H groups in total. The van der Waals surface area contributed by atoms with E-state index in [0.29, 0.717) is 13.0 Å². The highest BCUT2D eigenvalue weighted by Crippen LogP contribution is 2.35. The van der Waals surface area contributed by atoms with Gasteiger partial charge in [-0.15, -0.1) is 0 Å². The van der Waals surface area contributed by atoms with Crippen LogP contribution in [-0.2, 0) is 6.54 Å². The molecule has 0 saturated heterocycles. The molecular weight excluding hydrogens is 466 g/mol. The van der Waals surface area contributed by atoms with Crippen molar-refractivity contribution in [3.05, 3.63) is 99.5 Å². The molecule has 14 nitrogen and oxygen atoms in total. The van der Waals surface area contributed by atoms with Crippen molar-refractivity contribution in [1.82, 2.24) is 4.57 Å². The minimum Gasteiger partial charge on any atom is -0.353 e. The van der Waals surface area contributed by atoms with E-state index in [1.807, 2.05) is 6.92 Å². The summed E-state index contributed by atoms with van der Waals surface area (Å²) in [7, 11) is 0. The summed E-state index contributed by atoms with van der Waals surface area (Å²) in [6.07, 6.45) is 4.08. The predicted octanol–water partition coefficient (Wildman–Crippen LogP) is 4.62. The van der Waals surface area contributed by atoms with Gasteiger partial charge < -0.3 is 4.57 Å². The van der Waals surface area contributed by atoms with E-state index < -0.39 is 47.9 Å². The van der Waals surface area contributed by atoms with Crippen molar-refractivity contribution in [3.63, 3.8) is 0 Å². The number of nitro benzene ring substituents is 4. The van der Waals surface area contributed by atoms with Gasteiger partial charge in [0, 0.05) is 31.1 Å². The van der Waals surface area contributed by atoms with Crippen molar-refractivity contribution in [3.8, 4) is 22.3 Å². The molecule has 0 atom stereocenters. The second-order valence-electron chi connectivity index (χ2n) is 7.44. The van der Waals surface area contributed by atoms with Gasteiger partial charge >= 0.3 is 0 Å². The smallest absolute Gasteiger partial charge is 0.284 e. The summed E-state index contributed by atoms with van der Waals surface area (Å²) in [6, 6.07) is 5.63. The fourth-order valence-corrected chi connectivity index (χ4v) is 3.51. The highest BCUT2D eigenvalue weighted by atomic mass is 16.6. The summed E-state index contributed by atoms with van der Waals surface area (Å²) in [5, 5.41) is 45.5. The van der Waals surface area contributed by atoms with E-state index in [9.17, 15) is 45.3 Å². The topological polar surface area (TPSA) is 195 Å². The minimum absolute atomic E-state index is 0.201. The Bertz CT molecular complexity index is 1330. The molecule has 14 heteroatoms. The third kappa shape index (κ3) is 5.00. The number of benzene rings is 2. The fourth-order valence-electron chi connectivity index (χ4n) is 3.51. The van der Waals surface area contributed by atoms with E-state index in [-0.39, 0.29) is 22.3 Å². The van der Waals surface area contributed by atoms with Crippen LogP contribution >= 0.6 is 0 Å². The molecule has 0 aliphatic rings. The lowest BCUT2D eigenvalue weighted by molar-refractivity contribution is -0.394. The number of hydrogen-bond acceptors (Lipinski definition) is 9. The van der Waals surface area contributed by atoms with Gasteiger partial charge in [-0.05, 0) is 18.6 Å². The lowest BCUT2D eigenvalue weighted by Gasteiger charge is -2.13. The second-order valence-corrected chi connectivity index (χ2v) is 7.44. The van der Waals surface area contributed by atoms with Gasteiger partial charge in [0.05, 0.1) is 54.1 Å². The van der Waals surface area contributed by atoms with E-state index >= 15 is 0 Å². The molecule has 0 aliphatic heterocycles. The number of aryl methyl sites for hydroxylation is 1. The van der Waals surface area contributed by atoms with Crippen LogP contribution < -0.4 is 5.43 Å². The third-order valence-electron chi connectivity index (χ3n) is 5.21. The number of nitro groups is 4. The third-order valence-corrected chi connectivity index (χ3v) is 5.21. The molecule has 1 heterocycles. The van der Waals surface area contributed by atoms with Gasteiger partial charge in [0.15, 0.2) is 5.43 Å². The van der Waals surface area contributed by atoms with Crippen molar-refractivity contribution in [1.29, 1.82) is 0 Å². The zero-order chi connectivity index (χ0) is 25.9. The standard InChI is InChI=1S/C21H17N5O9/c1-2-3-8-22-11-17(15-6-4-13(23(28)29)9-19(15)25(32)33)21(27)18(12-22)16-7-5-14(24(30)31)10-20(16)26(34)35/h4-7,9-12H,2-3,8H2,1H3. The van der Waals surface area contributed by atoms with E-state index in [0.717, 1.165) is 42.8 Å². The Hall–Kier alpha value is -5.01. The number of hydrogen-bond donors (Lipinski definition) is 0. The molecule has 1 aromatic heterocycles. The number of rotatable bonds is 9. The molecule has 0 unspecified atom stereocenters. The van der Waals surface area contributed by atoms with Gasteiger partial charge in [-0.3, -0.25) is 45.3 Å². The number of nitrogens with zero attached hydrogens (tertiary/aromatic N) is 5. The summed E-state index contributed by atoms with van der Waals surface area (Å²) >= 11 is 0. The van der Waals surface area contributed by atoms with Crippen molar-refractivity contribution >= 4 is 22.7 Å². The van der Waals surface area contributed by atoms with Crippen molar-refractivity contribution in [2.24, 2.45) is 0 Å². The lowest BCUT2D eigenvalue weighted by Crippen LogP contribution is -2.15. The van der Waals surface area contributed by atoms with Gasteiger partial charge in [-0.25, -0.2) is 0 Å².